The predicted molar refractivity (Wildman–Crippen MR) is 82.9 cm³/mol. The van der Waals surface area contributed by atoms with E-state index in [0.717, 1.165) is 20.9 Å². The molecule has 2 atom stereocenters. The van der Waals surface area contributed by atoms with Gasteiger partial charge in [0, 0.05) is 22.9 Å². The second-order valence-corrected chi connectivity index (χ2v) is 6.31. The largest absolute Gasteiger partial charge is 0.371 e. The summed E-state index contributed by atoms with van der Waals surface area (Å²) in [7, 11) is 0. The first-order chi connectivity index (χ1) is 9.02. The number of amides is 1. The van der Waals surface area contributed by atoms with Gasteiger partial charge in [-0.1, -0.05) is 28.1 Å². The molecular formula is C14H17Br2NO2. The molecule has 5 heteroatoms. The van der Waals surface area contributed by atoms with Gasteiger partial charge in [0.15, 0.2) is 0 Å². The van der Waals surface area contributed by atoms with Crippen molar-refractivity contribution in [1.29, 1.82) is 0 Å². The molecule has 1 aromatic carbocycles. The quantitative estimate of drug-likeness (QED) is 0.724. The van der Waals surface area contributed by atoms with Crippen LogP contribution >= 0.6 is 31.9 Å². The zero-order valence-corrected chi connectivity index (χ0v) is 14.2. The average Bonchev–Trinajstić information content (AvgIpc) is 2.40. The number of alkyl halides is 1. The molecule has 2 unspecified atom stereocenters. The minimum atomic E-state index is 0.0660. The first-order valence-electron chi connectivity index (χ1n) is 6.28. The molecule has 19 heavy (non-hydrogen) atoms. The molecule has 104 valence electrons. The van der Waals surface area contributed by atoms with E-state index >= 15 is 0 Å². The van der Waals surface area contributed by atoms with Crippen molar-refractivity contribution in [2.45, 2.75) is 26.1 Å². The number of halogens is 2. The van der Waals surface area contributed by atoms with E-state index in [1.807, 2.05) is 36.9 Å². The third kappa shape index (κ3) is 3.38. The van der Waals surface area contributed by atoms with E-state index in [9.17, 15) is 4.79 Å². The lowest BCUT2D eigenvalue weighted by atomic mass is 10.1. The van der Waals surface area contributed by atoms with Crippen LogP contribution in [0, 0.1) is 6.92 Å². The number of rotatable bonds is 2. The van der Waals surface area contributed by atoms with Crippen LogP contribution in [-0.2, 0) is 4.74 Å². The van der Waals surface area contributed by atoms with Crippen molar-refractivity contribution in [2.24, 2.45) is 0 Å². The molecule has 1 saturated heterocycles. The Bertz CT molecular complexity index is 479. The minimum absolute atomic E-state index is 0.0660. The van der Waals surface area contributed by atoms with Gasteiger partial charge in [0.25, 0.3) is 5.91 Å². The molecule has 0 spiro atoms. The van der Waals surface area contributed by atoms with Crippen molar-refractivity contribution < 1.29 is 9.53 Å². The number of nitrogens with zero attached hydrogens (tertiary/aromatic N) is 1. The standard InChI is InChI=1S/C14H17Br2NO2/c1-9-4-3-5-12(13(9)16)14(18)17-7-10(2)19-11(6-15)8-17/h3-5,10-11H,6-8H2,1-2H3. The number of benzene rings is 1. The van der Waals surface area contributed by atoms with Gasteiger partial charge < -0.3 is 9.64 Å². The molecule has 2 rings (SSSR count). The average molecular weight is 391 g/mol. The number of ether oxygens (including phenoxy) is 1. The van der Waals surface area contributed by atoms with Gasteiger partial charge in [-0.05, 0) is 41.4 Å². The summed E-state index contributed by atoms with van der Waals surface area (Å²) in [6.07, 6.45) is 0.139. The van der Waals surface area contributed by atoms with Crippen LogP contribution in [0.25, 0.3) is 0 Å². The Hall–Kier alpha value is -0.390. The number of carbonyl (C=O) groups is 1. The highest BCUT2D eigenvalue weighted by molar-refractivity contribution is 9.10. The molecule has 0 aliphatic carbocycles. The van der Waals surface area contributed by atoms with Crippen LogP contribution < -0.4 is 0 Å². The number of hydrogen-bond acceptors (Lipinski definition) is 2. The van der Waals surface area contributed by atoms with Gasteiger partial charge >= 0.3 is 0 Å². The highest BCUT2D eigenvalue weighted by Crippen LogP contribution is 2.24. The van der Waals surface area contributed by atoms with Gasteiger partial charge in [-0.15, -0.1) is 0 Å². The lowest BCUT2D eigenvalue weighted by Gasteiger charge is -2.36. The number of hydrogen-bond donors (Lipinski definition) is 0. The van der Waals surface area contributed by atoms with Crippen LogP contribution in [0.15, 0.2) is 22.7 Å². The Morgan fingerprint density at radius 3 is 2.89 bits per heavy atom. The van der Waals surface area contributed by atoms with Crippen LogP contribution in [0.3, 0.4) is 0 Å². The third-order valence-corrected chi connectivity index (χ3v) is 4.98. The molecule has 1 aliphatic heterocycles. The van der Waals surface area contributed by atoms with Crippen molar-refractivity contribution in [3.8, 4) is 0 Å². The second kappa shape index (κ2) is 6.37. The van der Waals surface area contributed by atoms with Crippen LogP contribution in [0.4, 0.5) is 0 Å². The number of aryl methyl sites for hydroxylation is 1. The highest BCUT2D eigenvalue weighted by Gasteiger charge is 2.29. The smallest absolute Gasteiger partial charge is 0.255 e. The maximum atomic E-state index is 12.6. The van der Waals surface area contributed by atoms with Crippen molar-refractivity contribution in [2.75, 3.05) is 18.4 Å². The van der Waals surface area contributed by atoms with Crippen molar-refractivity contribution in [3.63, 3.8) is 0 Å². The molecule has 1 aromatic rings. The third-order valence-electron chi connectivity index (χ3n) is 3.21. The number of morpholine rings is 1. The molecule has 0 N–H and O–H groups in total. The zero-order valence-electron chi connectivity index (χ0n) is 11.0. The van der Waals surface area contributed by atoms with Gasteiger partial charge in [-0.2, -0.15) is 0 Å². The molecule has 3 nitrogen and oxygen atoms in total. The molecular weight excluding hydrogens is 374 g/mol. The predicted octanol–water partition coefficient (Wildman–Crippen LogP) is 3.38. The lowest BCUT2D eigenvalue weighted by Crippen LogP contribution is -2.49. The molecule has 0 radical (unpaired) electrons. The van der Waals surface area contributed by atoms with E-state index in [0.29, 0.717) is 13.1 Å². The summed E-state index contributed by atoms with van der Waals surface area (Å²) in [6.45, 7) is 5.27. The Balaban J connectivity index is 2.21. The normalized spacial score (nSPS) is 23.5. The first kappa shape index (κ1) is 15.0. The van der Waals surface area contributed by atoms with Crippen LogP contribution in [0.1, 0.15) is 22.8 Å². The van der Waals surface area contributed by atoms with Gasteiger partial charge in [0.05, 0.1) is 17.8 Å². The molecule has 1 fully saturated rings. The zero-order chi connectivity index (χ0) is 14.0. The van der Waals surface area contributed by atoms with Gasteiger partial charge in [0.2, 0.25) is 0 Å². The molecule has 0 bridgehead atoms. The first-order valence-corrected chi connectivity index (χ1v) is 8.20. The van der Waals surface area contributed by atoms with E-state index in [1.165, 1.54) is 0 Å². The van der Waals surface area contributed by atoms with Gasteiger partial charge in [0.1, 0.15) is 0 Å². The van der Waals surface area contributed by atoms with E-state index in [-0.39, 0.29) is 18.1 Å². The highest BCUT2D eigenvalue weighted by atomic mass is 79.9. The Labute approximate surface area is 130 Å². The summed E-state index contributed by atoms with van der Waals surface area (Å²) < 4.78 is 6.64. The van der Waals surface area contributed by atoms with Gasteiger partial charge in [-0.25, -0.2) is 0 Å². The second-order valence-electron chi connectivity index (χ2n) is 4.87. The lowest BCUT2D eigenvalue weighted by molar-refractivity contribution is -0.0559. The fraction of sp³-hybridized carbons (Fsp3) is 0.500. The van der Waals surface area contributed by atoms with E-state index in [2.05, 4.69) is 31.9 Å². The molecule has 1 amide bonds. The summed E-state index contributed by atoms with van der Waals surface area (Å²) in [6, 6.07) is 5.77. The van der Waals surface area contributed by atoms with Crippen molar-refractivity contribution in [3.05, 3.63) is 33.8 Å². The van der Waals surface area contributed by atoms with Gasteiger partial charge in [-0.3, -0.25) is 4.79 Å². The topological polar surface area (TPSA) is 29.5 Å². The summed E-state index contributed by atoms with van der Waals surface area (Å²) in [5.74, 6) is 0.0664. The Kier molecular flexibility index (Phi) is 5.03. The number of carbonyl (C=O) groups excluding carboxylic acids is 1. The minimum Gasteiger partial charge on any atom is -0.371 e. The fourth-order valence-electron chi connectivity index (χ4n) is 2.28. The van der Waals surface area contributed by atoms with E-state index in [1.54, 1.807) is 0 Å². The van der Waals surface area contributed by atoms with Crippen molar-refractivity contribution in [1.82, 2.24) is 4.90 Å². The van der Waals surface area contributed by atoms with E-state index in [4.69, 9.17) is 4.74 Å². The summed E-state index contributed by atoms with van der Waals surface area (Å²) >= 11 is 6.93. The van der Waals surface area contributed by atoms with Crippen molar-refractivity contribution >= 4 is 37.8 Å². The summed E-state index contributed by atoms with van der Waals surface area (Å²) in [4.78, 5) is 14.5. The summed E-state index contributed by atoms with van der Waals surface area (Å²) in [5, 5.41) is 0.746. The molecule has 0 saturated carbocycles. The molecule has 0 aromatic heterocycles. The summed E-state index contributed by atoms with van der Waals surface area (Å²) in [5.41, 5.74) is 1.80. The monoisotopic (exact) mass is 389 g/mol. The SMILES string of the molecule is Cc1cccc(C(=O)N2CC(C)OC(CBr)C2)c1Br. The van der Waals surface area contributed by atoms with Crippen LogP contribution in [0.2, 0.25) is 0 Å². The van der Waals surface area contributed by atoms with E-state index < -0.39 is 0 Å². The Morgan fingerprint density at radius 2 is 2.21 bits per heavy atom. The fourth-order valence-corrected chi connectivity index (χ4v) is 3.07. The molecule has 1 aliphatic rings. The maximum absolute atomic E-state index is 12.6. The van der Waals surface area contributed by atoms with Crippen LogP contribution in [0.5, 0.6) is 0 Å². The Morgan fingerprint density at radius 1 is 1.47 bits per heavy atom. The maximum Gasteiger partial charge on any atom is 0.255 e. The molecule has 1 heterocycles. The van der Waals surface area contributed by atoms with Crippen LogP contribution in [-0.4, -0.2) is 41.4 Å².